The molecule has 1 aromatic rings. The fourth-order valence-electron chi connectivity index (χ4n) is 5.10. The minimum atomic E-state index is -0.392. The fraction of sp³-hybridized carbons (Fsp3) is 0.500. The summed E-state index contributed by atoms with van der Waals surface area (Å²) in [7, 11) is 0. The van der Waals surface area contributed by atoms with Gasteiger partial charge in [0.1, 0.15) is 11.9 Å². The highest BCUT2D eigenvalue weighted by molar-refractivity contribution is 5.89. The number of anilines is 1. The van der Waals surface area contributed by atoms with Crippen LogP contribution in [0.25, 0.3) is 0 Å². The van der Waals surface area contributed by atoms with Gasteiger partial charge < -0.3 is 20.7 Å². The van der Waals surface area contributed by atoms with Gasteiger partial charge in [-0.1, -0.05) is 23.8 Å². The molecule has 2 aliphatic heterocycles. The van der Waals surface area contributed by atoms with E-state index >= 15 is 0 Å². The molecule has 1 saturated carbocycles. The third-order valence-corrected chi connectivity index (χ3v) is 7.25. The number of benzene rings is 1. The third kappa shape index (κ3) is 4.46. The highest BCUT2D eigenvalue weighted by Gasteiger charge is 2.71. The van der Waals surface area contributed by atoms with E-state index in [-0.39, 0.29) is 23.0 Å². The summed E-state index contributed by atoms with van der Waals surface area (Å²) in [6.45, 7) is 9.88. The number of hydrogen-bond donors (Lipinski definition) is 2. The van der Waals surface area contributed by atoms with Crippen LogP contribution in [0.15, 0.2) is 52.8 Å². The van der Waals surface area contributed by atoms with Gasteiger partial charge in [-0.05, 0) is 57.4 Å². The monoisotopic (exact) mass is 465 g/mol. The number of hydrogen-bond acceptors (Lipinski definition) is 6. The average molecular weight is 466 g/mol. The topological polar surface area (TPSA) is 100 Å². The third-order valence-electron chi connectivity index (χ3n) is 7.25. The van der Waals surface area contributed by atoms with Crippen molar-refractivity contribution < 1.29 is 14.3 Å². The number of amides is 2. The second kappa shape index (κ2) is 9.25. The lowest BCUT2D eigenvalue weighted by Crippen LogP contribution is -2.34. The summed E-state index contributed by atoms with van der Waals surface area (Å²) in [5.41, 5.74) is 9.73. The number of cyclic esters (lactones) is 1. The Morgan fingerprint density at radius 1 is 1.26 bits per heavy atom. The molecule has 4 rings (SSSR count). The van der Waals surface area contributed by atoms with E-state index in [2.05, 4.69) is 53.3 Å². The van der Waals surface area contributed by atoms with Crippen LogP contribution in [0, 0.1) is 0 Å². The molecule has 3 aliphatic rings. The summed E-state index contributed by atoms with van der Waals surface area (Å²) in [4.78, 5) is 32.0. The van der Waals surface area contributed by atoms with E-state index in [9.17, 15) is 9.59 Å². The van der Waals surface area contributed by atoms with Crippen molar-refractivity contribution >= 4 is 23.9 Å². The number of ether oxygens (including phenoxy) is 1. The zero-order valence-electron chi connectivity index (χ0n) is 20.5. The number of nitrogens with one attached hydrogen (secondary N) is 1. The average Bonchev–Trinajstić information content (AvgIpc) is 3.07. The first-order valence-electron chi connectivity index (χ1n) is 11.9. The molecule has 0 spiro atoms. The quantitative estimate of drug-likeness (QED) is 0.454. The molecule has 3 N–H and O–H groups in total. The molecule has 2 amide bonds. The smallest absolute Gasteiger partial charge is 0.414 e. The molecule has 1 aliphatic carbocycles. The van der Waals surface area contributed by atoms with Gasteiger partial charge in [0.15, 0.2) is 0 Å². The predicted octanol–water partition coefficient (Wildman–Crippen LogP) is 3.09. The van der Waals surface area contributed by atoms with Crippen LogP contribution in [0.1, 0.15) is 46.1 Å². The molecular formula is C26H35N5O3. The van der Waals surface area contributed by atoms with Crippen molar-refractivity contribution in [3.63, 3.8) is 0 Å². The summed E-state index contributed by atoms with van der Waals surface area (Å²) >= 11 is 0. The Balaban J connectivity index is 1.47. The van der Waals surface area contributed by atoms with Crippen LogP contribution >= 0.6 is 0 Å². The number of likely N-dealkylation sites (tertiary alicyclic amines) is 1. The highest BCUT2D eigenvalue weighted by atomic mass is 16.6. The summed E-state index contributed by atoms with van der Waals surface area (Å²) in [6.07, 6.45) is 7.20. The number of rotatable bonds is 8. The molecule has 8 nitrogen and oxygen atoms in total. The molecule has 0 radical (unpaired) electrons. The molecule has 0 bridgehead atoms. The van der Waals surface area contributed by atoms with Crippen molar-refractivity contribution in [2.24, 2.45) is 10.7 Å². The van der Waals surface area contributed by atoms with Gasteiger partial charge in [0.25, 0.3) is 0 Å². The minimum absolute atomic E-state index is 0.108. The minimum Gasteiger partial charge on any atom is -0.442 e. The lowest BCUT2D eigenvalue weighted by Gasteiger charge is -2.24. The van der Waals surface area contributed by atoms with Crippen molar-refractivity contribution in [2.45, 2.75) is 57.6 Å². The van der Waals surface area contributed by atoms with E-state index in [1.54, 1.807) is 4.90 Å². The van der Waals surface area contributed by atoms with Crippen LogP contribution in [0.2, 0.25) is 0 Å². The van der Waals surface area contributed by atoms with E-state index in [1.165, 1.54) is 18.1 Å². The van der Waals surface area contributed by atoms with Crippen molar-refractivity contribution in [3.8, 4) is 0 Å². The molecular weight excluding hydrogens is 430 g/mol. The molecule has 0 aromatic heterocycles. The number of piperidine rings is 1. The van der Waals surface area contributed by atoms with Gasteiger partial charge in [-0.25, -0.2) is 9.79 Å². The molecule has 8 heteroatoms. The molecule has 0 unspecified atom stereocenters. The van der Waals surface area contributed by atoms with Crippen molar-refractivity contribution in [1.82, 2.24) is 10.2 Å². The summed E-state index contributed by atoms with van der Waals surface area (Å²) in [5, 5.41) is 2.70. The second-order valence-electron chi connectivity index (χ2n) is 9.66. The Labute approximate surface area is 201 Å². The predicted molar refractivity (Wildman–Crippen MR) is 134 cm³/mol. The molecule has 3 fully saturated rings. The van der Waals surface area contributed by atoms with Crippen LogP contribution < -0.4 is 16.0 Å². The molecule has 3 atom stereocenters. The van der Waals surface area contributed by atoms with E-state index in [0.29, 0.717) is 13.1 Å². The van der Waals surface area contributed by atoms with Crippen LogP contribution in [0.4, 0.5) is 10.5 Å². The second-order valence-corrected chi connectivity index (χ2v) is 9.66. The normalized spacial score (nSPS) is 29.0. The maximum atomic E-state index is 12.3. The molecule has 182 valence electrons. The van der Waals surface area contributed by atoms with Gasteiger partial charge in [-0.3, -0.25) is 9.69 Å². The Bertz CT molecular complexity index is 1050. The van der Waals surface area contributed by atoms with Crippen molar-refractivity contribution in [2.75, 3.05) is 31.1 Å². The Kier molecular flexibility index (Phi) is 6.53. The number of carbonyl (C=O) groups excluding carboxylic acids is 2. The van der Waals surface area contributed by atoms with Crippen LogP contribution in [-0.2, 0) is 14.9 Å². The van der Waals surface area contributed by atoms with Gasteiger partial charge in [0, 0.05) is 42.9 Å². The first-order chi connectivity index (χ1) is 16.2. The van der Waals surface area contributed by atoms with E-state index in [0.717, 1.165) is 37.4 Å². The summed E-state index contributed by atoms with van der Waals surface area (Å²) < 4.78 is 5.39. The van der Waals surface area contributed by atoms with Gasteiger partial charge in [-0.15, -0.1) is 0 Å². The zero-order chi connectivity index (χ0) is 24.5. The molecule has 34 heavy (non-hydrogen) atoms. The standard InChI is InChI=1S/C26H35N5O3/c1-5-18(3)7-12-23(28-6-2)30-16-25(15-26(25,27)17-30)20-8-10-21(11-9-20)31-14-22(34-24(31)33)13-29-19(4)32/h5-6,8-12,22H,7,13-17,27H2,1-4H3,(H,29,32)/b18-5-,23-12+,28-6?/t22-,25-,26-/m0/s1. The SMILES string of the molecule is CC=N/C(=C\C/C(C)=C\C)N1C[C@@]2(N)C[C@@]2(c2ccc(N3C[C@H](CNC(C)=O)OC3=O)cc2)C1. The largest absolute Gasteiger partial charge is 0.442 e. The van der Waals surface area contributed by atoms with Gasteiger partial charge in [0.2, 0.25) is 5.91 Å². The number of allylic oxidation sites excluding steroid dienone is 3. The van der Waals surface area contributed by atoms with Gasteiger partial charge in [0.05, 0.1) is 13.1 Å². The Morgan fingerprint density at radius 2 is 2.00 bits per heavy atom. The summed E-state index contributed by atoms with van der Waals surface area (Å²) in [6, 6.07) is 8.09. The Morgan fingerprint density at radius 3 is 2.65 bits per heavy atom. The maximum Gasteiger partial charge on any atom is 0.414 e. The van der Waals surface area contributed by atoms with E-state index in [1.807, 2.05) is 25.3 Å². The molecule has 2 saturated heterocycles. The lowest BCUT2D eigenvalue weighted by molar-refractivity contribution is -0.119. The lowest BCUT2D eigenvalue weighted by atomic mass is 9.93. The number of carbonyl (C=O) groups is 2. The molecule has 1 aromatic carbocycles. The number of nitrogens with zero attached hydrogens (tertiary/aromatic N) is 3. The number of nitrogens with two attached hydrogens (primary N) is 1. The van der Waals surface area contributed by atoms with Crippen LogP contribution in [-0.4, -0.2) is 60.9 Å². The zero-order valence-corrected chi connectivity index (χ0v) is 20.5. The molecule has 2 heterocycles. The first kappa shape index (κ1) is 24.0. The van der Waals surface area contributed by atoms with E-state index < -0.39 is 6.09 Å². The number of aliphatic imine (C=N–C) groups is 1. The van der Waals surface area contributed by atoms with Crippen molar-refractivity contribution in [1.29, 1.82) is 0 Å². The fourth-order valence-corrected chi connectivity index (χ4v) is 5.10. The number of fused-ring (bicyclic) bond motifs is 1. The summed E-state index contributed by atoms with van der Waals surface area (Å²) in [5.74, 6) is 0.833. The van der Waals surface area contributed by atoms with Gasteiger partial charge >= 0.3 is 6.09 Å². The van der Waals surface area contributed by atoms with Crippen LogP contribution in [0.3, 0.4) is 0 Å². The first-order valence-corrected chi connectivity index (χ1v) is 11.9. The van der Waals surface area contributed by atoms with E-state index in [4.69, 9.17) is 10.5 Å². The maximum absolute atomic E-state index is 12.3. The van der Waals surface area contributed by atoms with Gasteiger partial charge in [-0.2, -0.15) is 0 Å². The highest BCUT2D eigenvalue weighted by Crippen LogP contribution is 2.61. The van der Waals surface area contributed by atoms with Crippen molar-refractivity contribution in [3.05, 3.63) is 53.4 Å². The Hall–Kier alpha value is -3.13. The van der Waals surface area contributed by atoms with Crippen LogP contribution in [0.5, 0.6) is 0 Å².